The molecule has 4 rings (SSSR count). The fourth-order valence-electron chi connectivity index (χ4n) is 3.66. The van der Waals surface area contributed by atoms with Gasteiger partial charge in [0.2, 0.25) is 5.91 Å². The number of oxime groups is 1. The van der Waals surface area contributed by atoms with Gasteiger partial charge < -0.3 is 15.1 Å². The van der Waals surface area contributed by atoms with Crippen LogP contribution in [0.1, 0.15) is 44.1 Å². The van der Waals surface area contributed by atoms with E-state index in [1.54, 1.807) is 12.4 Å². The number of carbonyl (C=O) groups excluding carboxylic acids is 2. The molecule has 1 saturated heterocycles. The molecule has 1 unspecified atom stereocenters. The maximum atomic E-state index is 12.4. The molecule has 1 spiro atoms. The molecule has 0 bridgehead atoms. The molecule has 26 heavy (non-hydrogen) atoms. The van der Waals surface area contributed by atoms with Crippen LogP contribution < -0.4 is 5.32 Å². The fourth-order valence-corrected chi connectivity index (χ4v) is 3.66. The van der Waals surface area contributed by atoms with Crippen LogP contribution in [0.25, 0.3) is 0 Å². The average Bonchev–Trinajstić information content (AvgIpc) is 3.39. The third-order valence-electron chi connectivity index (χ3n) is 5.36. The minimum absolute atomic E-state index is 0.208. The van der Waals surface area contributed by atoms with Crippen molar-refractivity contribution in [2.75, 3.05) is 13.1 Å². The van der Waals surface area contributed by atoms with Crippen LogP contribution in [0.15, 0.2) is 29.7 Å². The molecule has 1 N–H and O–H groups in total. The van der Waals surface area contributed by atoms with Gasteiger partial charge in [-0.15, -0.1) is 0 Å². The standard InChI is InChI=1S/C19H24N4O3/c24-17(10-14-2-3-14)23-9-1-6-19(13-23)11-16(22-26-19)18(25)21-12-15-4-7-20-8-5-15/h4-5,7-8,14H,1-3,6,9-13H2,(H,21,25). The number of pyridine rings is 1. The van der Waals surface area contributed by atoms with Crippen LogP contribution in [0, 0.1) is 5.92 Å². The summed E-state index contributed by atoms with van der Waals surface area (Å²) in [7, 11) is 0. The zero-order valence-corrected chi connectivity index (χ0v) is 14.8. The van der Waals surface area contributed by atoms with Gasteiger partial charge in [0.25, 0.3) is 5.91 Å². The Morgan fingerprint density at radius 1 is 1.31 bits per heavy atom. The Morgan fingerprint density at radius 3 is 2.88 bits per heavy atom. The second-order valence-corrected chi connectivity index (χ2v) is 7.59. The van der Waals surface area contributed by atoms with E-state index in [1.165, 1.54) is 12.8 Å². The highest BCUT2D eigenvalue weighted by molar-refractivity contribution is 6.39. The van der Waals surface area contributed by atoms with Crippen LogP contribution in [-0.4, -0.2) is 46.1 Å². The van der Waals surface area contributed by atoms with Gasteiger partial charge in [-0.3, -0.25) is 14.6 Å². The number of aromatic nitrogens is 1. The van der Waals surface area contributed by atoms with E-state index in [1.807, 2.05) is 17.0 Å². The number of hydrogen-bond acceptors (Lipinski definition) is 5. The van der Waals surface area contributed by atoms with E-state index in [-0.39, 0.29) is 11.8 Å². The molecule has 2 fully saturated rings. The van der Waals surface area contributed by atoms with Gasteiger partial charge in [0, 0.05) is 38.3 Å². The van der Waals surface area contributed by atoms with Crippen LogP contribution >= 0.6 is 0 Å². The predicted molar refractivity (Wildman–Crippen MR) is 95.1 cm³/mol. The average molecular weight is 356 g/mol. The number of carbonyl (C=O) groups is 2. The van der Waals surface area contributed by atoms with Gasteiger partial charge >= 0.3 is 0 Å². The lowest BCUT2D eigenvalue weighted by molar-refractivity contribution is -0.141. The number of amides is 2. The van der Waals surface area contributed by atoms with Crippen molar-refractivity contribution in [1.82, 2.24) is 15.2 Å². The summed E-state index contributed by atoms with van der Waals surface area (Å²) in [6.07, 6.45) is 8.56. The van der Waals surface area contributed by atoms with Gasteiger partial charge in [-0.1, -0.05) is 5.16 Å². The lowest BCUT2D eigenvalue weighted by Crippen LogP contribution is -2.51. The minimum atomic E-state index is -0.527. The Hall–Kier alpha value is -2.44. The number of likely N-dealkylation sites (tertiary alicyclic amines) is 1. The van der Waals surface area contributed by atoms with Crippen molar-refractivity contribution in [3.63, 3.8) is 0 Å². The summed E-state index contributed by atoms with van der Waals surface area (Å²) >= 11 is 0. The molecule has 138 valence electrons. The zero-order chi connectivity index (χ0) is 18.0. The van der Waals surface area contributed by atoms with E-state index in [0.29, 0.717) is 37.6 Å². The first-order chi connectivity index (χ1) is 12.6. The zero-order valence-electron chi connectivity index (χ0n) is 14.8. The fraction of sp³-hybridized carbons (Fsp3) is 0.579. The van der Waals surface area contributed by atoms with Gasteiger partial charge in [0.15, 0.2) is 5.60 Å². The summed E-state index contributed by atoms with van der Waals surface area (Å²) in [6.45, 7) is 1.74. The highest BCUT2D eigenvalue weighted by atomic mass is 16.7. The molecule has 2 amide bonds. The van der Waals surface area contributed by atoms with Crippen LogP contribution in [0.3, 0.4) is 0 Å². The number of hydrogen-bond donors (Lipinski definition) is 1. The number of piperidine rings is 1. The molecule has 3 aliphatic rings. The van der Waals surface area contributed by atoms with E-state index >= 15 is 0 Å². The van der Waals surface area contributed by atoms with Crippen LogP contribution in [0.2, 0.25) is 0 Å². The van der Waals surface area contributed by atoms with Gasteiger partial charge in [-0.2, -0.15) is 0 Å². The maximum absolute atomic E-state index is 12.4. The second-order valence-electron chi connectivity index (χ2n) is 7.59. The summed E-state index contributed by atoms with van der Waals surface area (Å²) in [5.74, 6) is 0.585. The van der Waals surface area contributed by atoms with Crippen molar-refractivity contribution in [3.8, 4) is 0 Å². The highest BCUT2D eigenvalue weighted by Crippen LogP contribution is 2.36. The van der Waals surface area contributed by atoms with E-state index in [0.717, 1.165) is 24.9 Å². The number of nitrogens with one attached hydrogen (secondary N) is 1. The van der Waals surface area contributed by atoms with E-state index in [2.05, 4.69) is 15.5 Å². The smallest absolute Gasteiger partial charge is 0.269 e. The molecule has 0 radical (unpaired) electrons. The molecule has 7 heteroatoms. The van der Waals surface area contributed by atoms with Crippen LogP contribution in [-0.2, 0) is 21.0 Å². The number of rotatable bonds is 5. The predicted octanol–water partition coefficient (Wildman–Crippen LogP) is 1.64. The molecule has 1 atom stereocenters. The maximum Gasteiger partial charge on any atom is 0.269 e. The molecule has 7 nitrogen and oxygen atoms in total. The Balaban J connectivity index is 1.31. The van der Waals surface area contributed by atoms with Gasteiger partial charge in [0.05, 0.1) is 6.54 Å². The SMILES string of the molecule is O=C(NCc1ccncc1)C1=NOC2(CCCN(C(=O)CC3CC3)C2)C1. The van der Waals surface area contributed by atoms with Crippen molar-refractivity contribution in [1.29, 1.82) is 0 Å². The first-order valence-corrected chi connectivity index (χ1v) is 9.33. The monoisotopic (exact) mass is 356 g/mol. The molecule has 1 saturated carbocycles. The third-order valence-corrected chi connectivity index (χ3v) is 5.36. The first kappa shape index (κ1) is 17.0. The first-order valence-electron chi connectivity index (χ1n) is 9.33. The molecule has 3 heterocycles. The highest BCUT2D eigenvalue weighted by Gasteiger charge is 2.45. The molecule has 1 aromatic heterocycles. The summed E-state index contributed by atoms with van der Waals surface area (Å²) in [6, 6.07) is 3.72. The largest absolute Gasteiger partial charge is 0.386 e. The van der Waals surface area contributed by atoms with Crippen molar-refractivity contribution < 1.29 is 14.4 Å². The lowest BCUT2D eigenvalue weighted by atomic mass is 9.87. The molecule has 0 aromatic carbocycles. The van der Waals surface area contributed by atoms with Crippen molar-refractivity contribution >= 4 is 17.5 Å². The Bertz CT molecular complexity index is 717. The van der Waals surface area contributed by atoms with Crippen molar-refractivity contribution in [2.45, 2.75) is 50.7 Å². The van der Waals surface area contributed by atoms with Crippen molar-refractivity contribution in [2.24, 2.45) is 11.1 Å². The number of nitrogens with zero attached hydrogens (tertiary/aromatic N) is 3. The third kappa shape index (κ3) is 3.86. The van der Waals surface area contributed by atoms with Crippen LogP contribution in [0.5, 0.6) is 0 Å². The lowest BCUT2D eigenvalue weighted by Gasteiger charge is -2.38. The van der Waals surface area contributed by atoms with Gasteiger partial charge in [-0.05, 0) is 49.3 Å². The second kappa shape index (κ2) is 7.05. The Labute approximate surface area is 152 Å². The Kier molecular flexibility index (Phi) is 4.61. The van der Waals surface area contributed by atoms with Gasteiger partial charge in [0.1, 0.15) is 5.71 Å². The minimum Gasteiger partial charge on any atom is -0.386 e. The van der Waals surface area contributed by atoms with Crippen LogP contribution in [0.4, 0.5) is 0 Å². The molecule has 2 aliphatic heterocycles. The molecular weight excluding hydrogens is 332 g/mol. The summed E-state index contributed by atoms with van der Waals surface area (Å²) < 4.78 is 0. The Morgan fingerprint density at radius 2 is 2.12 bits per heavy atom. The van der Waals surface area contributed by atoms with E-state index in [9.17, 15) is 9.59 Å². The van der Waals surface area contributed by atoms with E-state index in [4.69, 9.17) is 4.84 Å². The quantitative estimate of drug-likeness (QED) is 0.869. The topological polar surface area (TPSA) is 83.9 Å². The molecular formula is C19H24N4O3. The van der Waals surface area contributed by atoms with Gasteiger partial charge in [-0.25, -0.2) is 0 Å². The normalized spacial score (nSPS) is 24.9. The molecule has 1 aromatic rings. The summed E-state index contributed by atoms with van der Waals surface area (Å²) in [4.78, 5) is 36.4. The van der Waals surface area contributed by atoms with Crippen molar-refractivity contribution in [3.05, 3.63) is 30.1 Å². The van der Waals surface area contributed by atoms with E-state index < -0.39 is 5.60 Å². The summed E-state index contributed by atoms with van der Waals surface area (Å²) in [5.41, 5.74) is 0.869. The summed E-state index contributed by atoms with van der Waals surface area (Å²) in [5, 5.41) is 6.92. The molecule has 1 aliphatic carbocycles.